The predicted molar refractivity (Wildman–Crippen MR) is 76.2 cm³/mol. The summed E-state index contributed by atoms with van der Waals surface area (Å²) in [5, 5.41) is 0.945. The Kier molecular flexibility index (Phi) is 4.01. The Balaban J connectivity index is 1.36. The van der Waals surface area contributed by atoms with Crippen LogP contribution in [0, 0.1) is 17.8 Å². The zero-order valence-electron chi connectivity index (χ0n) is 10.9. The molecule has 0 spiro atoms. The second-order valence-electron chi connectivity index (χ2n) is 6.67. The van der Waals surface area contributed by atoms with Crippen LogP contribution in [0.15, 0.2) is 0 Å². The molecule has 0 saturated heterocycles. The zero-order valence-corrected chi connectivity index (χ0v) is 11.8. The van der Waals surface area contributed by atoms with Gasteiger partial charge in [0.15, 0.2) is 0 Å². The average molecular weight is 253 g/mol. The van der Waals surface area contributed by atoms with Crippen LogP contribution in [0.4, 0.5) is 0 Å². The van der Waals surface area contributed by atoms with Gasteiger partial charge in [-0.2, -0.15) is 11.8 Å². The van der Waals surface area contributed by atoms with Gasteiger partial charge in [0.25, 0.3) is 0 Å². The molecule has 2 heteroatoms. The maximum Gasteiger partial charge on any atom is 0.0133 e. The molecule has 3 rings (SSSR count). The Hall–Kier alpha value is 0.310. The molecule has 1 nitrogen and oxygen atoms in total. The van der Waals surface area contributed by atoms with Crippen molar-refractivity contribution in [2.45, 2.75) is 69.1 Å². The van der Waals surface area contributed by atoms with Crippen molar-refractivity contribution in [3.8, 4) is 0 Å². The molecule has 3 fully saturated rings. The maximum atomic E-state index is 6.34. The second kappa shape index (κ2) is 5.52. The molecular weight excluding hydrogens is 226 g/mol. The molecule has 4 atom stereocenters. The molecule has 0 aromatic carbocycles. The Morgan fingerprint density at radius 1 is 1.06 bits per heavy atom. The first-order chi connectivity index (χ1) is 8.31. The first kappa shape index (κ1) is 12.3. The van der Waals surface area contributed by atoms with Crippen molar-refractivity contribution in [2.75, 3.05) is 5.75 Å². The van der Waals surface area contributed by atoms with Crippen LogP contribution in [0.5, 0.6) is 0 Å². The third kappa shape index (κ3) is 3.01. The highest BCUT2D eigenvalue weighted by atomic mass is 32.2. The summed E-state index contributed by atoms with van der Waals surface area (Å²) in [4.78, 5) is 0. The molecule has 17 heavy (non-hydrogen) atoms. The Labute approximate surface area is 110 Å². The molecule has 2 N–H and O–H groups in total. The van der Waals surface area contributed by atoms with E-state index in [0.717, 1.165) is 23.0 Å². The second-order valence-corrected chi connectivity index (χ2v) is 8.00. The maximum absolute atomic E-state index is 6.34. The molecule has 2 bridgehead atoms. The lowest BCUT2D eigenvalue weighted by atomic mass is 9.85. The van der Waals surface area contributed by atoms with Gasteiger partial charge in [-0.05, 0) is 56.3 Å². The highest BCUT2D eigenvalue weighted by Gasteiger charge is 2.39. The predicted octanol–water partition coefficient (Wildman–Crippen LogP) is 3.82. The molecular formula is C15H27NS. The SMILES string of the molecule is NC(CSC1CCCC1)CC1CC2CCC1C2. The van der Waals surface area contributed by atoms with Gasteiger partial charge in [-0.25, -0.2) is 0 Å². The van der Waals surface area contributed by atoms with Crippen molar-refractivity contribution in [2.24, 2.45) is 23.5 Å². The minimum Gasteiger partial charge on any atom is -0.327 e. The van der Waals surface area contributed by atoms with Gasteiger partial charge in [-0.1, -0.05) is 19.3 Å². The normalized spacial score (nSPS) is 39.0. The summed E-state index contributed by atoms with van der Waals surface area (Å²) in [6.07, 6.45) is 13.2. The van der Waals surface area contributed by atoms with E-state index in [9.17, 15) is 0 Å². The van der Waals surface area contributed by atoms with Crippen LogP contribution in [0.25, 0.3) is 0 Å². The van der Waals surface area contributed by atoms with Crippen molar-refractivity contribution in [1.82, 2.24) is 0 Å². The topological polar surface area (TPSA) is 26.0 Å². The first-order valence-corrected chi connectivity index (χ1v) is 8.73. The van der Waals surface area contributed by atoms with E-state index in [0.29, 0.717) is 6.04 Å². The smallest absolute Gasteiger partial charge is 0.0133 e. The van der Waals surface area contributed by atoms with Gasteiger partial charge in [-0.3, -0.25) is 0 Å². The van der Waals surface area contributed by atoms with E-state index >= 15 is 0 Å². The number of nitrogens with two attached hydrogens (primary N) is 1. The van der Waals surface area contributed by atoms with Gasteiger partial charge in [0, 0.05) is 17.0 Å². The van der Waals surface area contributed by atoms with Crippen molar-refractivity contribution < 1.29 is 0 Å². The van der Waals surface area contributed by atoms with Crippen LogP contribution >= 0.6 is 11.8 Å². The summed E-state index contributed by atoms with van der Waals surface area (Å²) in [6.45, 7) is 0. The minimum atomic E-state index is 0.477. The van der Waals surface area contributed by atoms with Crippen LogP contribution in [0.3, 0.4) is 0 Å². The molecule has 0 amide bonds. The fraction of sp³-hybridized carbons (Fsp3) is 1.00. The number of thioether (sulfide) groups is 1. The van der Waals surface area contributed by atoms with Gasteiger partial charge < -0.3 is 5.73 Å². The van der Waals surface area contributed by atoms with E-state index in [2.05, 4.69) is 11.8 Å². The van der Waals surface area contributed by atoms with E-state index in [-0.39, 0.29) is 0 Å². The van der Waals surface area contributed by atoms with E-state index in [1.807, 2.05) is 0 Å². The van der Waals surface area contributed by atoms with Crippen LogP contribution in [-0.4, -0.2) is 17.0 Å². The molecule has 3 aliphatic rings. The summed E-state index contributed by atoms with van der Waals surface area (Å²) in [6, 6.07) is 0.477. The molecule has 4 unspecified atom stereocenters. The lowest BCUT2D eigenvalue weighted by Gasteiger charge is -2.25. The van der Waals surface area contributed by atoms with E-state index in [1.165, 1.54) is 63.5 Å². The Morgan fingerprint density at radius 3 is 2.53 bits per heavy atom. The standard InChI is InChI=1S/C15H27NS/c16-14(10-17-15-3-1-2-4-15)9-13-8-11-5-6-12(13)7-11/h11-15H,1-10,16H2. The lowest BCUT2D eigenvalue weighted by molar-refractivity contribution is 0.301. The molecule has 3 saturated carbocycles. The fourth-order valence-electron chi connectivity index (χ4n) is 4.44. The van der Waals surface area contributed by atoms with Crippen LogP contribution < -0.4 is 5.73 Å². The fourth-order valence-corrected chi connectivity index (χ4v) is 5.76. The van der Waals surface area contributed by atoms with Gasteiger partial charge in [-0.15, -0.1) is 0 Å². The molecule has 0 aromatic heterocycles. The van der Waals surface area contributed by atoms with Gasteiger partial charge >= 0.3 is 0 Å². The number of rotatable bonds is 5. The Bertz CT molecular complexity index is 249. The monoisotopic (exact) mass is 253 g/mol. The summed E-state index contributed by atoms with van der Waals surface area (Å²) >= 11 is 2.17. The van der Waals surface area contributed by atoms with E-state index in [4.69, 9.17) is 5.73 Å². The van der Waals surface area contributed by atoms with Crippen molar-refractivity contribution >= 4 is 11.8 Å². The minimum absolute atomic E-state index is 0.477. The Morgan fingerprint density at radius 2 is 1.88 bits per heavy atom. The number of hydrogen-bond acceptors (Lipinski definition) is 2. The van der Waals surface area contributed by atoms with Gasteiger partial charge in [0.1, 0.15) is 0 Å². The number of hydrogen-bond donors (Lipinski definition) is 1. The summed E-state index contributed by atoms with van der Waals surface area (Å²) in [5.74, 6) is 4.36. The highest BCUT2D eigenvalue weighted by Crippen LogP contribution is 2.49. The molecule has 3 aliphatic carbocycles. The summed E-state index contributed by atoms with van der Waals surface area (Å²) in [5.41, 5.74) is 6.34. The van der Waals surface area contributed by atoms with Crippen molar-refractivity contribution in [3.05, 3.63) is 0 Å². The molecule has 0 radical (unpaired) electrons. The van der Waals surface area contributed by atoms with E-state index < -0.39 is 0 Å². The van der Waals surface area contributed by atoms with Crippen molar-refractivity contribution in [3.63, 3.8) is 0 Å². The van der Waals surface area contributed by atoms with Crippen molar-refractivity contribution in [1.29, 1.82) is 0 Å². The molecule has 0 heterocycles. The third-order valence-electron chi connectivity index (χ3n) is 5.34. The first-order valence-electron chi connectivity index (χ1n) is 7.68. The average Bonchev–Trinajstić information content (AvgIpc) is 3.03. The summed E-state index contributed by atoms with van der Waals surface area (Å²) in [7, 11) is 0. The van der Waals surface area contributed by atoms with Crippen LogP contribution in [-0.2, 0) is 0 Å². The molecule has 0 aliphatic heterocycles. The van der Waals surface area contributed by atoms with Gasteiger partial charge in [0.05, 0.1) is 0 Å². The highest BCUT2D eigenvalue weighted by molar-refractivity contribution is 7.99. The molecule has 0 aromatic rings. The largest absolute Gasteiger partial charge is 0.327 e. The third-order valence-corrected chi connectivity index (χ3v) is 6.90. The number of fused-ring (bicyclic) bond motifs is 2. The van der Waals surface area contributed by atoms with E-state index in [1.54, 1.807) is 0 Å². The van der Waals surface area contributed by atoms with Gasteiger partial charge in [0.2, 0.25) is 0 Å². The molecule has 98 valence electrons. The van der Waals surface area contributed by atoms with Crippen LogP contribution in [0.1, 0.15) is 57.8 Å². The summed E-state index contributed by atoms with van der Waals surface area (Å²) < 4.78 is 0. The van der Waals surface area contributed by atoms with Crippen LogP contribution in [0.2, 0.25) is 0 Å². The zero-order chi connectivity index (χ0) is 11.7. The lowest BCUT2D eigenvalue weighted by Crippen LogP contribution is -2.28. The quantitative estimate of drug-likeness (QED) is 0.806.